The van der Waals surface area contributed by atoms with Crippen LogP contribution in [0.25, 0.3) is 0 Å². The molecule has 0 atom stereocenters. The topological polar surface area (TPSA) is 64.7 Å². The van der Waals surface area contributed by atoms with E-state index in [0.717, 1.165) is 64.8 Å². The fraction of sp³-hybridized carbons (Fsp3) is 0.619. The van der Waals surface area contributed by atoms with E-state index in [1.165, 1.54) is 12.0 Å². The number of hydrogen-bond acceptors (Lipinski definition) is 4. The second-order valence-electron chi connectivity index (χ2n) is 7.75. The Morgan fingerprint density at radius 3 is 2.37 bits per heavy atom. The molecule has 6 heteroatoms. The van der Waals surface area contributed by atoms with Gasteiger partial charge in [-0.2, -0.15) is 0 Å². The van der Waals surface area contributed by atoms with Crippen molar-refractivity contribution in [2.75, 3.05) is 32.7 Å². The largest absolute Gasteiger partial charge is 0.335 e. The van der Waals surface area contributed by atoms with Crippen LogP contribution in [0.5, 0.6) is 0 Å². The normalized spacial score (nSPS) is 20.0. The van der Waals surface area contributed by atoms with E-state index < -0.39 is 0 Å². The molecule has 1 aliphatic carbocycles. The lowest BCUT2D eigenvalue weighted by Crippen LogP contribution is -2.48. The lowest BCUT2D eigenvalue weighted by molar-refractivity contribution is -0.121. The number of imide groups is 1. The van der Waals surface area contributed by atoms with Gasteiger partial charge >= 0.3 is 6.03 Å². The van der Waals surface area contributed by atoms with Gasteiger partial charge in [-0.25, -0.2) is 4.79 Å². The predicted molar refractivity (Wildman–Crippen MR) is 106 cm³/mol. The van der Waals surface area contributed by atoms with Crippen molar-refractivity contribution >= 4 is 11.9 Å². The summed E-state index contributed by atoms with van der Waals surface area (Å²) in [7, 11) is 0. The van der Waals surface area contributed by atoms with Gasteiger partial charge in [0.05, 0.1) is 6.54 Å². The molecule has 0 spiro atoms. The molecule has 148 valence electrons. The molecule has 1 saturated heterocycles. The highest BCUT2D eigenvalue weighted by Gasteiger charge is 2.20. The van der Waals surface area contributed by atoms with Crippen LogP contribution in [0, 0.1) is 0 Å². The molecule has 0 unspecified atom stereocenters. The van der Waals surface area contributed by atoms with Gasteiger partial charge in [0.2, 0.25) is 5.91 Å². The van der Waals surface area contributed by atoms with Crippen molar-refractivity contribution in [3.05, 3.63) is 35.9 Å². The summed E-state index contributed by atoms with van der Waals surface area (Å²) in [5, 5.41) is 5.44. The molecule has 27 heavy (non-hydrogen) atoms. The molecule has 1 aromatic carbocycles. The van der Waals surface area contributed by atoms with E-state index in [0.29, 0.717) is 0 Å². The molecule has 2 N–H and O–H groups in total. The number of nitrogens with zero attached hydrogens (tertiary/aromatic N) is 2. The van der Waals surface area contributed by atoms with E-state index in [-0.39, 0.29) is 24.5 Å². The number of hydrogen-bond donors (Lipinski definition) is 2. The summed E-state index contributed by atoms with van der Waals surface area (Å²) >= 11 is 0. The van der Waals surface area contributed by atoms with Crippen molar-refractivity contribution in [3.63, 3.8) is 0 Å². The van der Waals surface area contributed by atoms with Crippen LogP contribution >= 0.6 is 0 Å². The maximum Gasteiger partial charge on any atom is 0.321 e. The average molecular weight is 373 g/mol. The quantitative estimate of drug-likeness (QED) is 0.833. The maximum absolute atomic E-state index is 12.2. The first-order valence-electron chi connectivity index (χ1n) is 10.3. The van der Waals surface area contributed by atoms with Crippen LogP contribution in [0.1, 0.15) is 44.1 Å². The number of rotatable bonds is 5. The van der Waals surface area contributed by atoms with E-state index >= 15 is 0 Å². The van der Waals surface area contributed by atoms with E-state index in [2.05, 4.69) is 44.7 Å². The Hall–Kier alpha value is -1.92. The Morgan fingerprint density at radius 2 is 1.59 bits per heavy atom. The van der Waals surface area contributed by atoms with Crippen LogP contribution in [0.4, 0.5) is 4.79 Å². The Morgan fingerprint density at radius 1 is 0.889 bits per heavy atom. The SMILES string of the molecule is O=C(CN1CCCN(Cc2ccccc2)CC1)NC(=O)NC1CCCCC1. The molecule has 1 saturated carbocycles. The minimum atomic E-state index is -0.340. The zero-order valence-corrected chi connectivity index (χ0v) is 16.2. The fourth-order valence-corrected chi connectivity index (χ4v) is 4.02. The van der Waals surface area contributed by atoms with Crippen molar-refractivity contribution in [2.45, 2.75) is 51.1 Å². The van der Waals surface area contributed by atoms with E-state index in [1.54, 1.807) is 0 Å². The smallest absolute Gasteiger partial charge is 0.321 e. The number of urea groups is 1. The van der Waals surface area contributed by atoms with Gasteiger partial charge in [0.25, 0.3) is 0 Å². The molecule has 0 aromatic heterocycles. The van der Waals surface area contributed by atoms with Gasteiger partial charge in [0.1, 0.15) is 0 Å². The summed E-state index contributed by atoms with van der Waals surface area (Å²) in [5.74, 6) is -0.209. The third-order valence-electron chi connectivity index (χ3n) is 5.49. The lowest BCUT2D eigenvalue weighted by atomic mass is 9.96. The fourth-order valence-electron chi connectivity index (χ4n) is 4.02. The standard InChI is InChI=1S/C21H32N4O2/c26-20(23-21(27)22-19-10-5-2-6-11-19)17-25-13-7-12-24(14-15-25)16-18-8-3-1-4-9-18/h1,3-4,8-9,19H,2,5-7,10-17H2,(H2,22,23,26,27). The predicted octanol–water partition coefficient (Wildman–Crippen LogP) is 2.35. The minimum Gasteiger partial charge on any atom is -0.335 e. The Labute approximate surface area is 162 Å². The molecule has 6 nitrogen and oxygen atoms in total. The van der Waals surface area contributed by atoms with Gasteiger partial charge in [0.15, 0.2) is 0 Å². The van der Waals surface area contributed by atoms with Crippen molar-refractivity contribution in [1.29, 1.82) is 0 Å². The third-order valence-corrected chi connectivity index (χ3v) is 5.49. The van der Waals surface area contributed by atoms with Crippen LogP contribution in [-0.2, 0) is 11.3 Å². The Bertz CT molecular complexity index is 601. The molecule has 3 amide bonds. The minimum absolute atomic E-state index is 0.209. The molecule has 0 radical (unpaired) electrons. The van der Waals surface area contributed by atoms with Crippen LogP contribution in [0.3, 0.4) is 0 Å². The zero-order valence-electron chi connectivity index (χ0n) is 16.2. The maximum atomic E-state index is 12.2. The second-order valence-corrected chi connectivity index (χ2v) is 7.75. The lowest BCUT2D eigenvalue weighted by Gasteiger charge is -2.23. The molecule has 2 aliphatic rings. The summed E-state index contributed by atoms with van der Waals surface area (Å²) < 4.78 is 0. The highest BCUT2D eigenvalue weighted by Crippen LogP contribution is 2.17. The number of carbonyl (C=O) groups excluding carboxylic acids is 2. The molecule has 1 heterocycles. The molecule has 0 bridgehead atoms. The monoisotopic (exact) mass is 372 g/mol. The van der Waals surface area contributed by atoms with Gasteiger partial charge in [-0.3, -0.25) is 19.9 Å². The van der Waals surface area contributed by atoms with E-state index in [1.807, 2.05) is 6.07 Å². The van der Waals surface area contributed by atoms with Gasteiger partial charge < -0.3 is 5.32 Å². The van der Waals surface area contributed by atoms with Gasteiger partial charge in [-0.1, -0.05) is 49.6 Å². The zero-order chi connectivity index (χ0) is 18.9. The molecule has 1 aliphatic heterocycles. The van der Waals surface area contributed by atoms with Gasteiger partial charge in [0, 0.05) is 25.7 Å². The number of amides is 3. The summed E-state index contributed by atoms with van der Waals surface area (Å²) in [6, 6.07) is 10.4. The van der Waals surface area contributed by atoms with Gasteiger partial charge in [-0.15, -0.1) is 0 Å². The van der Waals surface area contributed by atoms with E-state index in [4.69, 9.17) is 0 Å². The summed E-state index contributed by atoms with van der Waals surface area (Å²) in [6.07, 6.45) is 6.64. The van der Waals surface area contributed by atoms with Crippen molar-refractivity contribution < 1.29 is 9.59 Å². The Kier molecular flexibility index (Phi) is 7.66. The average Bonchev–Trinajstić information content (AvgIpc) is 2.88. The first-order chi connectivity index (χ1) is 13.2. The third kappa shape index (κ3) is 6.96. The number of benzene rings is 1. The molecular weight excluding hydrogens is 340 g/mol. The van der Waals surface area contributed by atoms with Crippen LogP contribution in [0.15, 0.2) is 30.3 Å². The van der Waals surface area contributed by atoms with Crippen molar-refractivity contribution in [3.8, 4) is 0 Å². The summed E-state index contributed by atoms with van der Waals surface area (Å²) in [6.45, 7) is 4.96. The molecule has 1 aromatic rings. The Balaban J connectivity index is 1.37. The summed E-state index contributed by atoms with van der Waals surface area (Å²) in [4.78, 5) is 28.8. The first-order valence-corrected chi connectivity index (χ1v) is 10.3. The van der Waals surface area contributed by atoms with E-state index in [9.17, 15) is 9.59 Å². The van der Waals surface area contributed by atoms with Gasteiger partial charge in [-0.05, 0) is 37.9 Å². The number of nitrogens with one attached hydrogen (secondary N) is 2. The van der Waals surface area contributed by atoms with Crippen molar-refractivity contribution in [2.24, 2.45) is 0 Å². The highest BCUT2D eigenvalue weighted by atomic mass is 16.2. The molecular formula is C21H32N4O2. The highest BCUT2D eigenvalue weighted by molar-refractivity contribution is 5.95. The van der Waals surface area contributed by atoms with Crippen LogP contribution < -0.4 is 10.6 Å². The van der Waals surface area contributed by atoms with Crippen molar-refractivity contribution in [1.82, 2.24) is 20.4 Å². The molecule has 2 fully saturated rings. The number of carbonyl (C=O) groups is 2. The first kappa shape index (κ1) is 19.8. The van der Waals surface area contributed by atoms with Crippen LogP contribution in [0.2, 0.25) is 0 Å². The second kappa shape index (κ2) is 10.4. The molecule has 3 rings (SSSR count). The van der Waals surface area contributed by atoms with Crippen LogP contribution in [-0.4, -0.2) is 60.5 Å². The summed E-state index contributed by atoms with van der Waals surface area (Å²) in [5.41, 5.74) is 1.32.